The van der Waals surface area contributed by atoms with Gasteiger partial charge in [0.15, 0.2) is 0 Å². The monoisotopic (exact) mass is 594 g/mol. The number of anilines is 1. The van der Waals surface area contributed by atoms with Gasteiger partial charge in [0.2, 0.25) is 17.6 Å². The highest BCUT2D eigenvalue weighted by Crippen LogP contribution is 2.70. The summed E-state index contributed by atoms with van der Waals surface area (Å²) in [4.78, 5) is 25.0. The molecule has 1 amide bonds. The van der Waals surface area contributed by atoms with E-state index in [1.807, 2.05) is 29.2 Å². The van der Waals surface area contributed by atoms with Gasteiger partial charge in [0.05, 0.1) is 11.0 Å². The summed E-state index contributed by atoms with van der Waals surface area (Å²) in [6.45, 7) is 2.64. The Morgan fingerprint density at radius 1 is 0.977 bits per heavy atom. The van der Waals surface area contributed by atoms with Crippen LogP contribution < -0.4 is 4.90 Å². The average molecular weight is 595 g/mol. The normalized spacial score (nSPS) is 33.4. The van der Waals surface area contributed by atoms with Crippen LogP contribution in [0.15, 0.2) is 47.1 Å². The van der Waals surface area contributed by atoms with Crippen LogP contribution in [0.25, 0.3) is 11.4 Å². The van der Waals surface area contributed by atoms with E-state index >= 15 is 0 Å². The Balaban J connectivity index is 1.06. The van der Waals surface area contributed by atoms with Crippen molar-refractivity contribution in [2.75, 3.05) is 11.4 Å². The molecule has 0 N–H and O–H groups in total. The van der Waals surface area contributed by atoms with Crippen LogP contribution in [0.4, 0.5) is 23.2 Å². The molecule has 4 bridgehead atoms. The minimum Gasteiger partial charge on any atom is -0.338 e. The predicted molar refractivity (Wildman–Crippen MR) is 150 cm³/mol. The summed E-state index contributed by atoms with van der Waals surface area (Å²) in [6, 6.07) is 10.4. The fraction of sp³-hybridized carbons (Fsp3) is 0.576. The molecule has 0 unspecified atom stereocenters. The summed E-state index contributed by atoms with van der Waals surface area (Å²) in [5.74, 6) is 1.12. The Kier molecular flexibility index (Phi) is 5.49. The zero-order chi connectivity index (χ0) is 29.9. The van der Waals surface area contributed by atoms with Crippen molar-refractivity contribution < 1.29 is 26.9 Å². The number of aromatic nitrogens is 3. The number of alkyl halides is 4. The number of halogens is 4. The summed E-state index contributed by atoms with van der Waals surface area (Å²) in [5, 5.41) is 4.23. The van der Waals surface area contributed by atoms with Crippen LogP contribution in [0, 0.1) is 10.8 Å². The molecule has 6 nitrogen and oxygen atoms in total. The molecule has 7 aliphatic carbocycles. The van der Waals surface area contributed by atoms with E-state index in [-0.39, 0.29) is 41.4 Å². The van der Waals surface area contributed by atoms with Gasteiger partial charge in [-0.25, -0.2) is 4.39 Å². The first-order chi connectivity index (χ1) is 20.3. The number of carbonyl (C=O) groups excluding carboxylic acids is 1. The number of benzene rings is 1. The van der Waals surface area contributed by atoms with Crippen molar-refractivity contribution in [2.45, 2.75) is 100 Å². The number of hydrogen-bond acceptors (Lipinski definition) is 5. The zero-order valence-corrected chi connectivity index (χ0v) is 24.1. The molecule has 10 heteroatoms. The van der Waals surface area contributed by atoms with E-state index in [0.29, 0.717) is 18.3 Å². The lowest BCUT2D eigenvalue weighted by atomic mass is 9.41. The second-order valence-corrected chi connectivity index (χ2v) is 14.6. The summed E-state index contributed by atoms with van der Waals surface area (Å²) >= 11 is 0. The molecule has 2 aromatic heterocycles. The molecule has 7 fully saturated rings. The molecule has 7 saturated carbocycles. The largest absolute Gasteiger partial charge is 0.417 e. The number of rotatable bonds is 7. The van der Waals surface area contributed by atoms with Crippen LogP contribution in [0.3, 0.4) is 0 Å². The third kappa shape index (κ3) is 4.25. The molecule has 0 radical (unpaired) electrons. The zero-order valence-electron chi connectivity index (χ0n) is 24.1. The van der Waals surface area contributed by atoms with Gasteiger partial charge in [0.1, 0.15) is 5.67 Å². The fourth-order valence-electron chi connectivity index (χ4n) is 8.35. The smallest absolute Gasteiger partial charge is 0.338 e. The third-order valence-electron chi connectivity index (χ3n) is 11.6. The third-order valence-corrected chi connectivity index (χ3v) is 11.6. The van der Waals surface area contributed by atoms with E-state index in [4.69, 9.17) is 4.52 Å². The highest BCUT2D eigenvalue weighted by molar-refractivity contribution is 6.00. The predicted octanol–water partition coefficient (Wildman–Crippen LogP) is 7.72. The van der Waals surface area contributed by atoms with Gasteiger partial charge in [-0.2, -0.15) is 18.2 Å². The number of nitrogens with zero attached hydrogens (tertiary/aromatic N) is 4. The van der Waals surface area contributed by atoms with Crippen molar-refractivity contribution in [3.05, 3.63) is 59.7 Å². The summed E-state index contributed by atoms with van der Waals surface area (Å²) < 4.78 is 59.5. The average Bonchev–Trinajstić information content (AvgIpc) is 3.52. The van der Waals surface area contributed by atoms with Gasteiger partial charge >= 0.3 is 6.18 Å². The highest BCUT2D eigenvalue weighted by atomic mass is 19.4. The van der Waals surface area contributed by atoms with Gasteiger partial charge in [-0.3, -0.25) is 9.78 Å². The van der Waals surface area contributed by atoms with Crippen molar-refractivity contribution in [1.82, 2.24) is 15.1 Å². The van der Waals surface area contributed by atoms with E-state index in [1.54, 1.807) is 6.07 Å². The van der Waals surface area contributed by atoms with Crippen LogP contribution in [0.1, 0.15) is 94.7 Å². The number of fused-ring (bicyclic) bond motifs is 3. The molecule has 0 saturated heterocycles. The molecule has 2 heterocycles. The van der Waals surface area contributed by atoms with Crippen LogP contribution in [-0.2, 0) is 21.8 Å². The standard InChI is InChI=1S/C33H34F4N4O2/c1-28(7-8-28)26-39-25(40-43-26)21-3-2-4-23(15-21)41(27(42)31-17-32(34,18-31)19-31)20-29-9-12-30(13-10-29,14-11-29)24-6-5-22(16-38-24)33(35,36)37/h2-6,15-16H,7-14,17-20H2,1H3. The Hall–Kier alpha value is -3.30. The Bertz CT molecular complexity index is 1560. The number of amides is 1. The van der Waals surface area contributed by atoms with Crippen molar-refractivity contribution in [1.29, 1.82) is 0 Å². The highest BCUT2D eigenvalue weighted by Gasteiger charge is 2.73. The minimum absolute atomic E-state index is 0.00958. The first-order valence-corrected chi connectivity index (χ1v) is 15.3. The number of pyridine rings is 1. The molecule has 10 rings (SSSR count). The maximum absolute atomic E-state index is 14.6. The molecule has 0 spiro atoms. The van der Waals surface area contributed by atoms with Crippen LogP contribution in [0.5, 0.6) is 0 Å². The molecule has 1 aromatic carbocycles. The second-order valence-electron chi connectivity index (χ2n) is 14.6. The lowest BCUT2D eigenvalue weighted by Crippen LogP contribution is -2.71. The van der Waals surface area contributed by atoms with Crippen molar-refractivity contribution in [3.63, 3.8) is 0 Å². The molecule has 0 aliphatic heterocycles. The molecular formula is C33H34F4N4O2. The lowest BCUT2D eigenvalue weighted by Gasteiger charge is -2.65. The van der Waals surface area contributed by atoms with E-state index in [1.165, 1.54) is 0 Å². The summed E-state index contributed by atoms with van der Waals surface area (Å²) in [6.07, 6.45) is 4.46. The van der Waals surface area contributed by atoms with Crippen molar-refractivity contribution >= 4 is 11.6 Å². The lowest BCUT2D eigenvalue weighted by molar-refractivity contribution is -0.211. The maximum atomic E-state index is 14.6. The first-order valence-electron chi connectivity index (χ1n) is 15.3. The van der Waals surface area contributed by atoms with E-state index in [0.717, 1.165) is 80.6 Å². The van der Waals surface area contributed by atoms with Gasteiger partial charge in [-0.05, 0) is 100 Å². The van der Waals surface area contributed by atoms with E-state index in [2.05, 4.69) is 22.0 Å². The molecule has 7 aliphatic rings. The van der Waals surface area contributed by atoms with Gasteiger partial charge in [0.25, 0.3) is 0 Å². The van der Waals surface area contributed by atoms with Crippen LogP contribution in [0.2, 0.25) is 0 Å². The maximum Gasteiger partial charge on any atom is 0.417 e. The topological polar surface area (TPSA) is 72.1 Å². The Morgan fingerprint density at radius 2 is 1.67 bits per heavy atom. The van der Waals surface area contributed by atoms with E-state index < -0.39 is 22.8 Å². The second kappa shape index (κ2) is 8.66. The summed E-state index contributed by atoms with van der Waals surface area (Å²) in [7, 11) is 0. The van der Waals surface area contributed by atoms with Crippen LogP contribution >= 0.6 is 0 Å². The minimum atomic E-state index is -4.41. The summed E-state index contributed by atoms with van der Waals surface area (Å²) in [5.41, 5.74) is -0.687. The van der Waals surface area contributed by atoms with Crippen molar-refractivity contribution in [2.24, 2.45) is 10.8 Å². The molecular weight excluding hydrogens is 560 g/mol. The SMILES string of the molecule is CC1(c2nc(-c3cccc(N(CC45CCC(c6ccc(C(F)(F)F)cn6)(CC4)CC5)C(=O)C45CC(F)(C4)C5)c3)no2)CC1. The van der Waals surface area contributed by atoms with E-state index in [9.17, 15) is 22.4 Å². The van der Waals surface area contributed by atoms with Crippen LogP contribution in [-0.4, -0.2) is 33.2 Å². The fourth-order valence-corrected chi connectivity index (χ4v) is 8.35. The Morgan fingerprint density at radius 3 is 2.26 bits per heavy atom. The number of hydrogen-bond donors (Lipinski definition) is 0. The molecule has 3 aromatic rings. The number of carbonyl (C=O) groups is 1. The molecule has 226 valence electrons. The molecule has 43 heavy (non-hydrogen) atoms. The van der Waals surface area contributed by atoms with Crippen molar-refractivity contribution in [3.8, 4) is 11.4 Å². The first kappa shape index (κ1) is 27.3. The van der Waals surface area contributed by atoms with Gasteiger partial charge in [0, 0.05) is 40.5 Å². The van der Waals surface area contributed by atoms with Gasteiger partial charge in [-0.1, -0.05) is 24.2 Å². The Labute approximate surface area is 247 Å². The van der Waals surface area contributed by atoms with Gasteiger partial charge in [-0.15, -0.1) is 0 Å². The molecule has 0 atom stereocenters. The quantitative estimate of drug-likeness (QED) is 0.262. The van der Waals surface area contributed by atoms with Gasteiger partial charge < -0.3 is 9.42 Å².